The van der Waals surface area contributed by atoms with E-state index in [0.29, 0.717) is 12.5 Å². The topological polar surface area (TPSA) is 89.7 Å². The Hall–Kier alpha value is -2.11. The zero-order chi connectivity index (χ0) is 15.8. The van der Waals surface area contributed by atoms with Crippen LogP contribution in [-0.4, -0.2) is 22.6 Å². The van der Waals surface area contributed by atoms with Gasteiger partial charge in [0.2, 0.25) is 0 Å². The van der Waals surface area contributed by atoms with Gasteiger partial charge in [-0.2, -0.15) is 0 Å². The Morgan fingerprint density at radius 2 is 2.14 bits per heavy atom. The lowest BCUT2D eigenvalue weighted by Gasteiger charge is -2.16. The quantitative estimate of drug-likeness (QED) is 0.551. The molecule has 0 aliphatic carbocycles. The van der Waals surface area contributed by atoms with E-state index in [4.69, 9.17) is 9.84 Å². The van der Waals surface area contributed by atoms with Gasteiger partial charge in [-0.3, -0.25) is 10.1 Å². The first-order valence-corrected chi connectivity index (χ1v) is 7.14. The summed E-state index contributed by atoms with van der Waals surface area (Å²) in [5, 5.41) is 19.9. The van der Waals surface area contributed by atoms with Gasteiger partial charge in [-0.1, -0.05) is 33.1 Å². The van der Waals surface area contributed by atoms with Gasteiger partial charge in [-0.05, 0) is 18.4 Å². The van der Waals surface area contributed by atoms with E-state index >= 15 is 0 Å². The predicted octanol–water partition coefficient (Wildman–Crippen LogP) is 3.89. The van der Waals surface area contributed by atoms with E-state index in [2.05, 4.69) is 13.8 Å². The van der Waals surface area contributed by atoms with Gasteiger partial charge in [-0.25, -0.2) is 4.79 Å². The van der Waals surface area contributed by atoms with Crippen molar-refractivity contribution in [2.45, 2.75) is 39.5 Å². The van der Waals surface area contributed by atoms with Gasteiger partial charge >= 0.3 is 5.97 Å². The number of hydrogen-bond acceptors (Lipinski definition) is 4. The average Bonchev–Trinajstić information content (AvgIpc) is 2.46. The van der Waals surface area contributed by atoms with Crippen LogP contribution in [0.1, 0.15) is 49.9 Å². The number of ether oxygens (including phenoxy) is 1. The third-order valence-electron chi connectivity index (χ3n) is 3.42. The van der Waals surface area contributed by atoms with E-state index in [1.54, 1.807) is 0 Å². The fraction of sp³-hybridized carbons (Fsp3) is 0.533. The van der Waals surface area contributed by atoms with Crippen LogP contribution in [0.5, 0.6) is 5.75 Å². The number of rotatable bonds is 9. The third-order valence-corrected chi connectivity index (χ3v) is 3.42. The Labute approximate surface area is 123 Å². The van der Waals surface area contributed by atoms with Crippen LogP contribution in [-0.2, 0) is 0 Å². The molecule has 0 aliphatic rings. The van der Waals surface area contributed by atoms with Crippen molar-refractivity contribution in [1.29, 1.82) is 0 Å². The maximum absolute atomic E-state index is 11.1. The van der Waals surface area contributed by atoms with Crippen molar-refractivity contribution in [1.82, 2.24) is 0 Å². The average molecular weight is 295 g/mol. The number of benzene rings is 1. The molecular formula is C15H21NO5. The Morgan fingerprint density at radius 1 is 1.43 bits per heavy atom. The largest absolute Gasteiger partial charge is 0.492 e. The van der Waals surface area contributed by atoms with Gasteiger partial charge in [0.15, 0.2) is 0 Å². The number of carboxylic acids is 1. The second-order valence-corrected chi connectivity index (χ2v) is 4.97. The van der Waals surface area contributed by atoms with Crippen LogP contribution in [0.3, 0.4) is 0 Å². The second kappa shape index (κ2) is 8.24. The lowest BCUT2D eigenvalue weighted by molar-refractivity contribution is -0.384. The molecule has 0 heterocycles. The normalized spacial score (nSPS) is 11.9. The Morgan fingerprint density at radius 3 is 2.67 bits per heavy atom. The fourth-order valence-electron chi connectivity index (χ4n) is 2.03. The van der Waals surface area contributed by atoms with Crippen molar-refractivity contribution in [3.63, 3.8) is 0 Å². The first-order valence-electron chi connectivity index (χ1n) is 7.14. The summed E-state index contributed by atoms with van der Waals surface area (Å²) < 4.78 is 5.55. The summed E-state index contributed by atoms with van der Waals surface area (Å²) in [7, 11) is 0. The number of carboxylic acid groups (broad SMARTS) is 1. The van der Waals surface area contributed by atoms with E-state index in [9.17, 15) is 14.9 Å². The monoisotopic (exact) mass is 295 g/mol. The number of carbonyl (C=O) groups is 1. The first kappa shape index (κ1) is 16.9. The molecule has 0 bridgehead atoms. The van der Waals surface area contributed by atoms with Crippen molar-refractivity contribution in [2.24, 2.45) is 5.92 Å². The van der Waals surface area contributed by atoms with Crippen LogP contribution < -0.4 is 4.74 Å². The van der Waals surface area contributed by atoms with E-state index in [1.807, 2.05) is 0 Å². The summed E-state index contributed by atoms with van der Waals surface area (Å²) in [5.74, 6) is -0.765. The maximum Gasteiger partial charge on any atom is 0.339 e. The van der Waals surface area contributed by atoms with Crippen LogP contribution in [0, 0.1) is 16.0 Å². The highest BCUT2D eigenvalue weighted by Crippen LogP contribution is 2.26. The van der Waals surface area contributed by atoms with Crippen LogP contribution >= 0.6 is 0 Å². The molecule has 116 valence electrons. The van der Waals surface area contributed by atoms with Gasteiger partial charge in [0.1, 0.15) is 11.3 Å². The molecule has 0 spiro atoms. The number of nitro benzene ring substituents is 1. The second-order valence-electron chi connectivity index (χ2n) is 4.97. The highest BCUT2D eigenvalue weighted by Gasteiger charge is 2.17. The fourth-order valence-corrected chi connectivity index (χ4v) is 2.03. The summed E-state index contributed by atoms with van der Waals surface area (Å²) in [5.41, 5.74) is -0.220. The van der Waals surface area contributed by atoms with Gasteiger partial charge in [-0.15, -0.1) is 0 Å². The molecule has 0 radical (unpaired) electrons. The van der Waals surface area contributed by atoms with E-state index in [0.717, 1.165) is 25.7 Å². The standard InChI is InChI=1S/C15H21NO5/c1-3-5-6-11(4-2)10-21-14-9-12(16(19)20)7-8-13(14)15(17)18/h7-9,11H,3-6,10H2,1-2H3,(H,17,18). The Bertz CT molecular complexity index is 501. The van der Waals surface area contributed by atoms with Gasteiger partial charge in [0.25, 0.3) is 5.69 Å². The van der Waals surface area contributed by atoms with Crippen LogP contribution in [0.4, 0.5) is 5.69 Å². The molecule has 6 nitrogen and oxygen atoms in total. The van der Waals surface area contributed by atoms with Crippen molar-refractivity contribution in [3.05, 3.63) is 33.9 Å². The van der Waals surface area contributed by atoms with Crippen molar-refractivity contribution >= 4 is 11.7 Å². The minimum atomic E-state index is -1.15. The maximum atomic E-state index is 11.1. The summed E-state index contributed by atoms with van der Waals surface area (Å²) in [6.07, 6.45) is 4.11. The lowest BCUT2D eigenvalue weighted by Crippen LogP contribution is -2.13. The smallest absolute Gasteiger partial charge is 0.339 e. The SMILES string of the molecule is CCCCC(CC)COc1cc([N+](=O)[O-])ccc1C(=O)O. The molecule has 1 N–H and O–H groups in total. The minimum absolute atomic E-state index is 0.0501. The van der Waals surface area contributed by atoms with Crippen molar-refractivity contribution < 1.29 is 19.6 Å². The molecular weight excluding hydrogens is 274 g/mol. The molecule has 1 rings (SSSR count). The molecule has 0 saturated carbocycles. The lowest BCUT2D eigenvalue weighted by atomic mass is 10.0. The molecule has 0 amide bonds. The van der Waals surface area contributed by atoms with Crippen molar-refractivity contribution in [2.75, 3.05) is 6.61 Å². The van der Waals surface area contributed by atoms with Crippen LogP contribution in [0.15, 0.2) is 18.2 Å². The van der Waals surface area contributed by atoms with E-state index < -0.39 is 10.9 Å². The first-order chi connectivity index (χ1) is 9.99. The molecule has 0 fully saturated rings. The summed E-state index contributed by atoms with van der Waals surface area (Å²) in [4.78, 5) is 21.3. The summed E-state index contributed by atoms with van der Waals surface area (Å²) >= 11 is 0. The summed E-state index contributed by atoms with van der Waals surface area (Å²) in [6, 6.07) is 3.56. The van der Waals surface area contributed by atoms with Crippen molar-refractivity contribution in [3.8, 4) is 5.75 Å². The van der Waals surface area contributed by atoms with Crippen LogP contribution in [0.2, 0.25) is 0 Å². The van der Waals surface area contributed by atoms with Crippen LogP contribution in [0.25, 0.3) is 0 Å². The Kier molecular flexibility index (Phi) is 6.65. The molecule has 6 heteroatoms. The summed E-state index contributed by atoms with van der Waals surface area (Å²) in [6.45, 7) is 4.53. The van der Waals surface area contributed by atoms with E-state index in [1.165, 1.54) is 18.2 Å². The zero-order valence-electron chi connectivity index (χ0n) is 12.4. The number of hydrogen-bond donors (Lipinski definition) is 1. The highest BCUT2D eigenvalue weighted by molar-refractivity contribution is 5.91. The molecule has 1 aromatic rings. The van der Waals surface area contributed by atoms with Gasteiger partial charge in [0, 0.05) is 6.07 Å². The number of nitro groups is 1. The molecule has 21 heavy (non-hydrogen) atoms. The van der Waals surface area contributed by atoms with E-state index in [-0.39, 0.29) is 17.0 Å². The zero-order valence-corrected chi connectivity index (χ0v) is 12.4. The molecule has 0 aromatic heterocycles. The number of aromatic carboxylic acids is 1. The third kappa shape index (κ3) is 5.06. The Balaban J connectivity index is 2.86. The minimum Gasteiger partial charge on any atom is -0.492 e. The molecule has 0 aliphatic heterocycles. The number of non-ortho nitro benzene ring substituents is 1. The van der Waals surface area contributed by atoms with Gasteiger partial charge in [0.05, 0.1) is 17.6 Å². The molecule has 1 atom stereocenters. The number of nitrogens with zero attached hydrogens (tertiary/aromatic N) is 1. The molecule has 1 unspecified atom stereocenters. The van der Waals surface area contributed by atoms with Gasteiger partial charge < -0.3 is 9.84 Å². The highest BCUT2D eigenvalue weighted by atomic mass is 16.6. The molecule has 1 aromatic carbocycles. The molecule has 0 saturated heterocycles. The predicted molar refractivity (Wildman–Crippen MR) is 78.9 cm³/mol. The number of unbranched alkanes of at least 4 members (excludes halogenated alkanes) is 1.